The number of aliphatic hydroxyl groups excluding tert-OH is 1. The summed E-state index contributed by atoms with van der Waals surface area (Å²) in [6, 6.07) is 19.4. The molecule has 0 aliphatic carbocycles. The third-order valence-electron chi connectivity index (χ3n) is 7.88. The van der Waals surface area contributed by atoms with Gasteiger partial charge in [0, 0.05) is 11.3 Å². The summed E-state index contributed by atoms with van der Waals surface area (Å²) in [5.74, 6) is 0.869. The van der Waals surface area contributed by atoms with E-state index in [9.17, 15) is 14.7 Å². The summed E-state index contributed by atoms with van der Waals surface area (Å²) in [6.07, 6.45) is 2.80. The first kappa shape index (κ1) is 35.0. The van der Waals surface area contributed by atoms with Crippen LogP contribution >= 0.6 is 23.1 Å². The summed E-state index contributed by atoms with van der Waals surface area (Å²) in [4.78, 5) is 28.9. The number of aliphatic hydroxyl groups is 1. The van der Waals surface area contributed by atoms with E-state index in [0.717, 1.165) is 24.8 Å². The van der Waals surface area contributed by atoms with Gasteiger partial charge in [0.25, 0.3) is 5.78 Å². The zero-order chi connectivity index (χ0) is 34.2. The van der Waals surface area contributed by atoms with E-state index in [1.165, 1.54) is 40.7 Å². The fourth-order valence-corrected chi connectivity index (χ4v) is 6.93. The zero-order valence-electron chi connectivity index (χ0n) is 27.9. The zero-order valence-corrected chi connectivity index (χ0v) is 29.5. The number of benzene rings is 3. The van der Waals surface area contributed by atoms with Crippen molar-refractivity contribution in [2.24, 2.45) is 5.92 Å². The van der Waals surface area contributed by atoms with Crippen LogP contribution in [0.1, 0.15) is 68.3 Å². The number of amides is 1. The standard InChI is InChI=1S/C37H41N3O6S2/c1-6-7-19-45-28-15-12-26(13-16-28)33(41)31-32(27-14-17-29(30(21-27)44-5)46-20-18-23(2)3)40(35(43)34(31)42)36-38-39-37(48-36)47-22-25-10-8-24(4)9-11-25/h8-17,21,23,32,41H,6-7,18-20,22H2,1-5H3/t32-/m0/s1. The Balaban J connectivity index is 1.52. The Hall–Kier alpha value is -4.35. The number of aryl methyl sites for hydroxylation is 1. The van der Waals surface area contributed by atoms with Crippen LogP contribution in [0.25, 0.3) is 5.76 Å². The molecule has 5 rings (SSSR count). The molecule has 0 unspecified atom stereocenters. The Morgan fingerprint density at radius 1 is 0.979 bits per heavy atom. The van der Waals surface area contributed by atoms with Crippen LogP contribution < -0.4 is 19.1 Å². The maximum absolute atomic E-state index is 13.8. The van der Waals surface area contributed by atoms with E-state index in [-0.39, 0.29) is 16.5 Å². The van der Waals surface area contributed by atoms with Crippen molar-refractivity contribution >= 4 is 45.7 Å². The maximum Gasteiger partial charge on any atom is 0.301 e. The van der Waals surface area contributed by atoms with E-state index >= 15 is 0 Å². The number of methoxy groups -OCH3 is 1. The van der Waals surface area contributed by atoms with Crippen LogP contribution in [0, 0.1) is 12.8 Å². The molecule has 48 heavy (non-hydrogen) atoms. The van der Waals surface area contributed by atoms with Crippen molar-refractivity contribution < 1.29 is 28.9 Å². The van der Waals surface area contributed by atoms with Gasteiger partial charge in [-0.2, -0.15) is 0 Å². The van der Waals surface area contributed by atoms with Crippen LogP contribution in [0.2, 0.25) is 0 Å². The summed E-state index contributed by atoms with van der Waals surface area (Å²) < 4.78 is 18.1. The van der Waals surface area contributed by atoms with Crippen molar-refractivity contribution in [1.29, 1.82) is 0 Å². The lowest BCUT2D eigenvalue weighted by molar-refractivity contribution is -0.132. The molecule has 0 bridgehead atoms. The summed E-state index contributed by atoms with van der Waals surface area (Å²) in [7, 11) is 1.54. The first-order valence-electron chi connectivity index (χ1n) is 16.1. The van der Waals surface area contributed by atoms with Gasteiger partial charge >= 0.3 is 5.91 Å². The molecule has 1 aliphatic rings. The van der Waals surface area contributed by atoms with Crippen molar-refractivity contribution in [1.82, 2.24) is 10.2 Å². The Morgan fingerprint density at radius 3 is 2.42 bits per heavy atom. The molecule has 1 aromatic heterocycles. The van der Waals surface area contributed by atoms with Crippen LogP contribution in [-0.2, 0) is 15.3 Å². The van der Waals surface area contributed by atoms with E-state index in [0.29, 0.717) is 57.6 Å². The minimum atomic E-state index is -0.994. The molecular weight excluding hydrogens is 647 g/mol. The number of rotatable bonds is 15. The molecule has 1 saturated heterocycles. The van der Waals surface area contributed by atoms with Crippen molar-refractivity contribution in [3.63, 3.8) is 0 Å². The summed E-state index contributed by atoms with van der Waals surface area (Å²) in [5.41, 5.74) is 3.19. The lowest BCUT2D eigenvalue weighted by atomic mass is 9.95. The van der Waals surface area contributed by atoms with Gasteiger partial charge in [0.1, 0.15) is 11.5 Å². The Labute approximate surface area is 290 Å². The number of Topliss-reactive ketones (excluding diaryl/α,β-unsaturated/α-hetero) is 1. The molecule has 2 heterocycles. The number of ether oxygens (including phenoxy) is 3. The van der Waals surface area contributed by atoms with Gasteiger partial charge in [0.2, 0.25) is 5.13 Å². The van der Waals surface area contributed by atoms with E-state index in [1.807, 2.05) is 6.92 Å². The SMILES string of the molecule is CCCCOc1ccc(C(O)=C2C(=O)C(=O)N(c3nnc(SCc4ccc(C)cc4)s3)[C@H]2c2ccc(OCCC(C)C)c(OC)c2)cc1. The van der Waals surface area contributed by atoms with Crippen LogP contribution in [0.15, 0.2) is 76.6 Å². The number of unbranched alkanes of at least 4 members (excludes halogenated alkanes) is 1. The van der Waals surface area contributed by atoms with Gasteiger partial charge in [-0.3, -0.25) is 14.5 Å². The number of hydrogen-bond acceptors (Lipinski definition) is 10. The lowest BCUT2D eigenvalue weighted by Gasteiger charge is -2.23. The predicted octanol–water partition coefficient (Wildman–Crippen LogP) is 8.38. The number of anilines is 1. The Kier molecular flexibility index (Phi) is 11.8. The smallest absolute Gasteiger partial charge is 0.301 e. The van der Waals surface area contributed by atoms with E-state index in [1.54, 1.807) is 42.5 Å². The third-order valence-corrected chi connectivity index (χ3v) is 10.0. The molecule has 1 atom stereocenters. The topological polar surface area (TPSA) is 111 Å². The highest BCUT2D eigenvalue weighted by molar-refractivity contribution is 8.00. The largest absolute Gasteiger partial charge is 0.507 e. The van der Waals surface area contributed by atoms with Gasteiger partial charge in [0.05, 0.1) is 31.9 Å². The predicted molar refractivity (Wildman–Crippen MR) is 190 cm³/mol. The summed E-state index contributed by atoms with van der Waals surface area (Å²) in [5, 5.41) is 20.6. The fraction of sp³-hybridized carbons (Fsp3) is 0.351. The Bertz CT molecular complexity index is 1750. The van der Waals surface area contributed by atoms with E-state index in [2.05, 4.69) is 55.2 Å². The lowest BCUT2D eigenvalue weighted by Crippen LogP contribution is -2.29. The first-order valence-corrected chi connectivity index (χ1v) is 17.9. The maximum atomic E-state index is 13.8. The molecule has 0 saturated carbocycles. The highest BCUT2D eigenvalue weighted by atomic mass is 32.2. The number of aromatic nitrogens is 2. The van der Waals surface area contributed by atoms with Crippen LogP contribution in [0.4, 0.5) is 5.13 Å². The third kappa shape index (κ3) is 8.19. The molecule has 1 fully saturated rings. The van der Waals surface area contributed by atoms with Gasteiger partial charge in [0.15, 0.2) is 15.8 Å². The van der Waals surface area contributed by atoms with Gasteiger partial charge in [-0.25, -0.2) is 0 Å². The molecule has 1 N–H and O–H groups in total. The average molecular weight is 688 g/mol. The molecule has 0 spiro atoms. The second-order valence-electron chi connectivity index (χ2n) is 12.0. The van der Waals surface area contributed by atoms with Gasteiger partial charge < -0.3 is 19.3 Å². The first-order chi connectivity index (χ1) is 23.2. The molecule has 9 nitrogen and oxygen atoms in total. The number of ketones is 1. The fourth-order valence-electron chi connectivity index (χ4n) is 5.11. The minimum Gasteiger partial charge on any atom is -0.507 e. The molecule has 3 aromatic carbocycles. The molecule has 0 radical (unpaired) electrons. The highest BCUT2D eigenvalue weighted by Gasteiger charge is 2.48. The van der Waals surface area contributed by atoms with E-state index in [4.69, 9.17) is 14.2 Å². The summed E-state index contributed by atoms with van der Waals surface area (Å²) >= 11 is 2.72. The quantitative estimate of drug-likeness (QED) is 0.0329. The minimum absolute atomic E-state index is 0.0563. The normalized spacial score (nSPS) is 15.7. The van der Waals surface area contributed by atoms with E-state index < -0.39 is 17.7 Å². The number of hydrogen-bond donors (Lipinski definition) is 1. The van der Waals surface area contributed by atoms with Crippen LogP contribution in [-0.4, -0.2) is 47.3 Å². The highest BCUT2D eigenvalue weighted by Crippen LogP contribution is 2.45. The van der Waals surface area contributed by atoms with Crippen molar-refractivity contribution in [2.45, 2.75) is 63.1 Å². The van der Waals surface area contributed by atoms with Crippen LogP contribution in [0.3, 0.4) is 0 Å². The van der Waals surface area contributed by atoms with Gasteiger partial charge in [-0.15, -0.1) is 10.2 Å². The molecular formula is C37H41N3O6S2. The average Bonchev–Trinajstić information content (AvgIpc) is 3.66. The molecule has 4 aromatic rings. The number of thioether (sulfide) groups is 1. The molecule has 1 amide bonds. The van der Waals surface area contributed by atoms with Gasteiger partial charge in [-0.05, 0) is 73.2 Å². The van der Waals surface area contributed by atoms with Crippen LogP contribution in [0.5, 0.6) is 17.2 Å². The second-order valence-corrected chi connectivity index (χ2v) is 14.1. The Morgan fingerprint density at radius 2 is 1.73 bits per heavy atom. The number of carbonyl (C=O) groups excluding carboxylic acids is 2. The number of nitrogens with zero attached hydrogens (tertiary/aromatic N) is 3. The van der Waals surface area contributed by atoms with Crippen molar-refractivity contribution in [3.8, 4) is 17.2 Å². The second kappa shape index (κ2) is 16.2. The number of carbonyl (C=O) groups is 2. The monoisotopic (exact) mass is 687 g/mol. The molecule has 1 aliphatic heterocycles. The van der Waals surface area contributed by atoms with Crippen molar-refractivity contribution in [3.05, 3.63) is 94.6 Å². The van der Waals surface area contributed by atoms with Gasteiger partial charge in [-0.1, -0.05) is 86.2 Å². The molecule has 252 valence electrons. The molecule has 11 heteroatoms. The summed E-state index contributed by atoms with van der Waals surface area (Å²) in [6.45, 7) is 9.47. The van der Waals surface area contributed by atoms with Crippen molar-refractivity contribution in [2.75, 3.05) is 25.2 Å².